The Kier molecular flexibility index (Phi) is 5.85. The van der Waals surface area contributed by atoms with Gasteiger partial charge in [0.2, 0.25) is 0 Å². The molecular weight excluding hydrogens is 482 g/mol. The molecule has 4 aromatic rings. The normalized spacial score (nSPS) is 11.4. The predicted molar refractivity (Wildman–Crippen MR) is 131 cm³/mol. The SMILES string of the molecule is [B]c1ccc(C(c2ccc([B])cc2)(c2ccc(Br)cc2)c2ccc(Br)cc2)cc1. The fraction of sp³-hybridized carbons (Fsp3) is 0.0400. The van der Waals surface area contributed by atoms with Crippen LogP contribution in [-0.2, 0) is 5.41 Å². The Balaban J connectivity index is 2.11. The molecular formula is C25H16B2Br2. The summed E-state index contributed by atoms with van der Waals surface area (Å²) in [5.41, 5.74) is 5.58. The molecule has 0 heterocycles. The minimum atomic E-state index is -0.511. The Bertz CT molecular complexity index is 914. The first-order valence-electron chi connectivity index (χ1n) is 9.24. The summed E-state index contributed by atoms with van der Waals surface area (Å²) >= 11 is 7.14. The lowest BCUT2D eigenvalue weighted by atomic mass is 9.64. The van der Waals surface area contributed by atoms with Gasteiger partial charge in [-0.2, -0.15) is 0 Å². The lowest BCUT2D eigenvalue weighted by Crippen LogP contribution is -2.31. The molecule has 29 heavy (non-hydrogen) atoms. The standard InChI is InChI=1S/C25H16B2Br2/c26-21-9-1-17(2-10-21)25(18-3-11-22(27)12-4-18,19-5-13-23(28)14-6-19)20-7-15-24(29)16-8-20/h1-16H. The zero-order chi connectivity index (χ0) is 20.4. The van der Waals surface area contributed by atoms with Crippen LogP contribution in [0, 0.1) is 0 Å². The molecule has 4 radical (unpaired) electrons. The van der Waals surface area contributed by atoms with Gasteiger partial charge in [-0.3, -0.25) is 0 Å². The van der Waals surface area contributed by atoms with Gasteiger partial charge >= 0.3 is 0 Å². The van der Waals surface area contributed by atoms with Crippen molar-refractivity contribution in [3.05, 3.63) is 128 Å². The lowest BCUT2D eigenvalue weighted by Gasteiger charge is -2.37. The van der Waals surface area contributed by atoms with Gasteiger partial charge in [0, 0.05) is 8.95 Å². The van der Waals surface area contributed by atoms with E-state index in [1.165, 1.54) is 0 Å². The van der Waals surface area contributed by atoms with Gasteiger partial charge in [-0.05, 0) is 46.5 Å². The molecule has 136 valence electrons. The minimum absolute atomic E-state index is 0.511. The molecule has 0 nitrogen and oxygen atoms in total. The Morgan fingerprint density at radius 1 is 0.414 bits per heavy atom. The van der Waals surface area contributed by atoms with Crippen LogP contribution in [0.4, 0.5) is 0 Å². The molecule has 0 saturated carbocycles. The van der Waals surface area contributed by atoms with E-state index >= 15 is 0 Å². The van der Waals surface area contributed by atoms with Crippen LogP contribution >= 0.6 is 31.9 Å². The first kappa shape index (κ1) is 20.3. The maximum absolute atomic E-state index is 6.02. The van der Waals surface area contributed by atoms with Crippen molar-refractivity contribution >= 4 is 58.5 Å². The highest BCUT2D eigenvalue weighted by molar-refractivity contribution is 9.10. The minimum Gasteiger partial charge on any atom is -0.0967 e. The van der Waals surface area contributed by atoms with Crippen LogP contribution in [0.2, 0.25) is 0 Å². The molecule has 0 aliphatic heterocycles. The average Bonchev–Trinajstić information content (AvgIpc) is 2.73. The van der Waals surface area contributed by atoms with E-state index < -0.39 is 5.41 Å². The number of hydrogen-bond acceptors (Lipinski definition) is 0. The summed E-state index contributed by atoms with van der Waals surface area (Å²) in [5.74, 6) is 0. The highest BCUT2D eigenvalue weighted by atomic mass is 79.9. The van der Waals surface area contributed by atoms with Crippen LogP contribution in [0.5, 0.6) is 0 Å². The summed E-state index contributed by atoms with van der Waals surface area (Å²) in [7, 11) is 12.0. The monoisotopic (exact) mass is 496 g/mol. The van der Waals surface area contributed by atoms with Crippen molar-refractivity contribution in [1.29, 1.82) is 0 Å². The number of hydrogen-bond donors (Lipinski definition) is 0. The van der Waals surface area contributed by atoms with Crippen molar-refractivity contribution in [2.45, 2.75) is 5.41 Å². The molecule has 0 unspecified atom stereocenters. The summed E-state index contributed by atoms with van der Waals surface area (Å²) < 4.78 is 2.08. The van der Waals surface area contributed by atoms with Crippen molar-refractivity contribution < 1.29 is 0 Å². The summed E-state index contributed by atoms with van der Waals surface area (Å²) in [6, 6.07) is 33.2. The quantitative estimate of drug-likeness (QED) is 0.269. The summed E-state index contributed by atoms with van der Waals surface area (Å²) in [4.78, 5) is 0. The van der Waals surface area contributed by atoms with Gasteiger partial charge in [0.05, 0.1) is 5.41 Å². The molecule has 0 atom stereocenters. The van der Waals surface area contributed by atoms with Crippen LogP contribution in [0.15, 0.2) is 106 Å². The summed E-state index contributed by atoms with van der Waals surface area (Å²) in [6.07, 6.45) is 0. The van der Waals surface area contributed by atoms with Crippen molar-refractivity contribution in [2.75, 3.05) is 0 Å². The van der Waals surface area contributed by atoms with Crippen molar-refractivity contribution in [1.82, 2.24) is 0 Å². The number of halogens is 2. The highest BCUT2D eigenvalue weighted by Crippen LogP contribution is 2.45. The van der Waals surface area contributed by atoms with E-state index in [0.29, 0.717) is 0 Å². The first-order valence-corrected chi connectivity index (χ1v) is 10.8. The molecule has 0 amide bonds. The van der Waals surface area contributed by atoms with E-state index in [1.54, 1.807) is 0 Å². The second kappa shape index (κ2) is 8.38. The van der Waals surface area contributed by atoms with Crippen molar-refractivity contribution in [3.8, 4) is 0 Å². The van der Waals surface area contributed by atoms with Crippen molar-refractivity contribution in [3.63, 3.8) is 0 Å². The molecule has 0 bridgehead atoms. The van der Waals surface area contributed by atoms with Crippen LogP contribution < -0.4 is 10.9 Å². The number of rotatable bonds is 4. The van der Waals surface area contributed by atoms with Crippen LogP contribution in [0.25, 0.3) is 0 Å². The zero-order valence-electron chi connectivity index (χ0n) is 15.6. The van der Waals surface area contributed by atoms with Gasteiger partial charge in [-0.1, -0.05) is 116 Å². The van der Waals surface area contributed by atoms with Gasteiger partial charge in [-0.25, -0.2) is 0 Å². The highest BCUT2D eigenvalue weighted by Gasteiger charge is 2.38. The zero-order valence-corrected chi connectivity index (χ0v) is 18.8. The fourth-order valence-corrected chi connectivity index (χ4v) is 4.39. The lowest BCUT2D eigenvalue weighted by molar-refractivity contribution is 0.745. The van der Waals surface area contributed by atoms with E-state index in [2.05, 4.69) is 105 Å². The second-order valence-electron chi connectivity index (χ2n) is 7.01. The molecule has 0 spiro atoms. The summed E-state index contributed by atoms with van der Waals surface area (Å²) in [5, 5.41) is 0. The number of benzene rings is 4. The Hall–Kier alpha value is -2.03. The summed E-state index contributed by atoms with van der Waals surface area (Å²) in [6.45, 7) is 0. The maximum Gasteiger partial charge on any atom is 0.113 e. The van der Waals surface area contributed by atoms with E-state index in [-0.39, 0.29) is 0 Å². The van der Waals surface area contributed by atoms with E-state index in [1.807, 2.05) is 24.3 Å². The van der Waals surface area contributed by atoms with Crippen LogP contribution in [0.1, 0.15) is 22.3 Å². The van der Waals surface area contributed by atoms with Crippen LogP contribution in [-0.4, -0.2) is 15.7 Å². The topological polar surface area (TPSA) is 0 Å². The van der Waals surface area contributed by atoms with Crippen molar-refractivity contribution in [2.24, 2.45) is 0 Å². The van der Waals surface area contributed by atoms with Gasteiger partial charge < -0.3 is 0 Å². The molecule has 0 fully saturated rings. The van der Waals surface area contributed by atoms with Gasteiger partial charge in [0.15, 0.2) is 0 Å². The van der Waals surface area contributed by atoms with E-state index in [9.17, 15) is 0 Å². The van der Waals surface area contributed by atoms with Gasteiger partial charge in [0.1, 0.15) is 15.7 Å². The third-order valence-electron chi connectivity index (χ3n) is 5.24. The molecule has 0 N–H and O–H groups in total. The molecule has 4 aromatic carbocycles. The van der Waals surface area contributed by atoms with Crippen LogP contribution in [0.3, 0.4) is 0 Å². The Morgan fingerprint density at radius 3 is 0.931 bits per heavy atom. The molecule has 4 heteroatoms. The second-order valence-corrected chi connectivity index (χ2v) is 8.84. The molecule has 0 aliphatic rings. The largest absolute Gasteiger partial charge is 0.113 e. The molecule has 0 saturated heterocycles. The first-order chi connectivity index (χ1) is 14.0. The molecule has 0 aromatic heterocycles. The van der Waals surface area contributed by atoms with Gasteiger partial charge in [0.25, 0.3) is 0 Å². The predicted octanol–water partition coefficient (Wildman–Crippen LogP) is 5.18. The smallest absolute Gasteiger partial charge is 0.0967 e. The van der Waals surface area contributed by atoms with E-state index in [0.717, 1.165) is 42.1 Å². The molecule has 4 rings (SSSR count). The molecule has 0 aliphatic carbocycles. The Morgan fingerprint density at radius 2 is 0.655 bits per heavy atom. The average molecular weight is 498 g/mol. The van der Waals surface area contributed by atoms with E-state index in [4.69, 9.17) is 15.7 Å². The fourth-order valence-electron chi connectivity index (χ4n) is 3.87. The third kappa shape index (κ3) is 3.89. The maximum atomic E-state index is 6.02. The van der Waals surface area contributed by atoms with Gasteiger partial charge in [-0.15, -0.1) is 0 Å². The third-order valence-corrected chi connectivity index (χ3v) is 6.30. The Labute approximate surface area is 191 Å².